The van der Waals surface area contributed by atoms with Crippen molar-refractivity contribution in [3.8, 4) is 0 Å². The average molecular weight is 302 g/mol. The molecule has 0 heterocycles. The Morgan fingerprint density at radius 1 is 0.952 bits per heavy atom. The van der Waals surface area contributed by atoms with Gasteiger partial charge in [0.25, 0.3) is 0 Å². The summed E-state index contributed by atoms with van der Waals surface area (Å²) in [6, 6.07) is 14.1. The largest absolute Gasteiger partial charge is 0.352 e. The molecule has 1 amide bonds. The summed E-state index contributed by atoms with van der Waals surface area (Å²) in [6.07, 6.45) is 0.418. The molecule has 0 aliphatic rings. The van der Waals surface area contributed by atoms with Gasteiger partial charge in [0.1, 0.15) is 0 Å². The van der Waals surface area contributed by atoms with Crippen LogP contribution in [0, 0.1) is 13.8 Å². The Balaban J connectivity index is 1.87. The first kappa shape index (κ1) is 15.6. The highest BCUT2D eigenvalue weighted by molar-refractivity contribution is 6.17. The lowest BCUT2D eigenvalue weighted by Crippen LogP contribution is -2.24. The lowest BCUT2D eigenvalue weighted by molar-refractivity contribution is -0.120. The number of carbonyl (C=O) groups is 1. The lowest BCUT2D eigenvalue weighted by atomic mass is 10.0. The number of aryl methyl sites for hydroxylation is 2. The number of benzene rings is 2. The van der Waals surface area contributed by atoms with Crippen LogP contribution in [0.4, 0.5) is 0 Å². The monoisotopic (exact) mass is 301 g/mol. The van der Waals surface area contributed by atoms with Gasteiger partial charge in [-0.05, 0) is 41.7 Å². The second kappa shape index (κ2) is 7.28. The molecule has 2 aromatic carbocycles. The zero-order valence-electron chi connectivity index (χ0n) is 12.4. The van der Waals surface area contributed by atoms with E-state index in [1.165, 1.54) is 11.1 Å². The van der Waals surface area contributed by atoms with Gasteiger partial charge in [0.05, 0.1) is 6.42 Å². The zero-order chi connectivity index (χ0) is 15.2. The Kier molecular flexibility index (Phi) is 5.40. The van der Waals surface area contributed by atoms with Crippen LogP contribution in [0.3, 0.4) is 0 Å². The SMILES string of the molecule is Cc1ccc(CC(=O)NCc2ccc(CCl)cc2)cc1C. The molecule has 0 atom stereocenters. The third-order valence-electron chi connectivity index (χ3n) is 3.60. The highest BCUT2D eigenvalue weighted by Gasteiger charge is 2.04. The quantitative estimate of drug-likeness (QED) is 0.834. The molecule has 21 heavy (non-hydrogen) atoms. The Morgan fingerprint density at radius 2 is 1.57 bits per heavy atom. The molecule has 0 fully saturated rings. The van der Waals surface area contributed by atoms with Crippen LogP contribution in [0.5, 0.6) is 0 Å². The van der Waals surface area contributed by atoms with Gasteiger partial charge in [-0.25, -0.2) is 0 Å². The molecule has 0 saturated carbocycles. The number of hydrogen-bond acceptors (Lipinski definition) is 1. The van der Waals surface area contributed by atoms with E-state index < -0.39 is 0 Å². The number of hydrogen-bond donors (Lipinski definition) is 1. The molecule has 0 radical (unpaired) electrons. The number of alkyl halides is 1. The molecule has 2 nitrogen and oxygen atoms in total. The van der Waals surface area contributed by atoms with Gasteiger partial charge < -0.3 is 5.32 Å². The number of rotatable bonds is 5. The molecule has 0 aliphatic heterocycles. The first-order chi connectivity index (χ1) is 10.1. The number of carbonyl (C=O) groups excluding carboxylic acids is 1. The topological polar surface area (TPSA) is 29.1 Å². The van der Waals surface area contributed by atoms with Crippen LogP contribution in [0.1, 0.15) is 27.8 Å². The molecule has 1 N–H and O–H groups in total. The Labute approximate surface area is 131 Å². The summed E-state index contributed by atoms with van der Waals surface area (Å²) in [6.45, 7) is 4.69. The van der Waals surface area contributed by atoms with Crippen LogP contribution < -0.4 is 5.32 Å². The predicted octanol–water partition coefficient (Wildman–Crippen LogP) is 3.90. The van der Waals surface area contributed by atoms with Crippen LogP contribution in [-0.4, -0.2) is 5.91 Å². The van der Waals surface area contributed by atoms with E-state index in [-0.39, 0.29) is 5.91 Å². The third kappa shape index (κ3) is 4.61. The summed E-state index contributed by atoms with van der Waals surface area (Å²) in [4.78, 5) is 12.0. The maximum atomic E-state index is 12.0. The highest BCUT2D eigenvalue weighted by atomic mass is 35.5. The lowest BCUT2D eigenvalue weighted by Gasteiger charge is -2.08. The highest BCUT2D eigenvalue weighted by Crippen LogP contribution is 2.10. The maximum Gasteiger partial charge on any atom is 0.224 e. The number of nitrogens with one attached hydrogen (secondary N) is 1. The van der Waals surface area contributed by atoms with Gasteiger partial charge in [0.15, 0.2) is 0 Å². The number of halogens is 1. The Hall–Kier alpha value is -1.80. The minimum Gasteiger partial charge on any atom is -0.352 e. The minimum absolute atomic E-state index is 0.0414. The van der Waals surface area contributed by atoms with E-state index in [9.17, 15) is 4.79 Å². The summed E-state index contributed by atoms with van der Waals surface area (Å²) < 4.78 is 0. The summed E-state index contributed by atoms with van der Waals surface area (Å²) in [5, 5.41) is 2.95. The summed E-state index contributed by atoms with van der Waals surface area (Å²) in [5.74, 6) is 0.555. The van der Waals surface area contributed by atoms with Crippen molar-refractivity contribution in [2.24, 2.45) is 0 Å². The molecule has 2 aromatic rings. The smallest absolute Gasteiger partial charge is 0.224 e. The molecular formula is C18H20ClNO. The normalized spacial score (nSPS) is 10.4. The van der Waals surface area contributed by atoms with Gasteiger partial charge in [-0.3, -0.25) is 4.79 Å². The molecule has 0 bridgehead atoms. The van der Waals surface area contributed by atoms with Gasteiger partial charge in [-0.2, -0.15) is 0 Å². The van der Waals surface area contributed by atoms with E-state index >= 15 is 0 Å². The van der Waals surface area contributed by atoms with Crippen LogP contribution in [0.25, 0.3) is 0 Å². The second-order valence-electron chi connectivity index (χ2n) is 5.32. The van der Waals surface area contributed by atoms with E-state index in [0.29, 0.717) is 18.8 Å². The zero-order valence-corrected chi connectivity index (χ0v) is 13.2. The van der Waals surface area contributed by atoms with Crippen molar-refractivity contribution in [1.29, 1.82) is 0 Å². The molecule has 110 valence electrons. The standard InChI is InChI=1S/C18H20ClNO/c1-13-3-4-17(9-14(13)2)10-18(21)20-12-16-7-5-15(11-19)6-8-16/h3-9H,10-12H2,1-2H3,(H,20,21). The van der Waals surface area contributed by atoms with Crippen molar-refractivity contribution >= 4 is 17.5 Å². The summed E-state index contributed by atoms with van der Waals surface area (Å²) >= 11 is 5.75. The van der Waals surface area contributed by atoms with Gasteiger partial charge in [0, 0.05) is 12.4 Å². The summed E-state index contributed by atoms with van der Waals surface area (Å²) in [7, 11) is 0. The molecule has 0 saturated heterocycles. The van der Waals surface area contributed by atoms with Crippen molar-refractivity contribution in [2.75, 3.05) is 0 Å². The fourth-order valence-electron chi connectivity index (χ4n) is 2.11. The van der Waals surface area contributed by atoms with E-state index in [1.54, 1.807) is 0 Å². The van der Waals surface area contributed by atoms with Gasteiger partial charge >= 0.3 is 0 Å². The first-order valence-electron chi connectivity index (χ1n) is 7.05. The van der Waals surface area contributed by atoms with Crippen molar-refractivity contribution in [2.45, 2.75) is 32.7 Å². The van der Waals surface area contributed by atoms with Crippen LogP contribution >= 0.6 is 11.6 Å². The van der Waals surface area contributed by atoms with Gasteiger partial charge in [-0.15, -0.1) is 11.6 Å². The maximum absolute atomic E-state index is 12.0. The third-order valence-corrected chi connectivity index (χ3v) is 3.91. The van der Waals surface area contributed by atoms with Gasteiger partial charge in [0.2, 0.25) is 5.91 Å². The Bertz CT molecular complexity index is 620. The molecular weight excluding hydrogens is 282 g/mol. The minimum atomic E-state index is 0.0414. The molecule has 2 rings (SSSR count). The average Bonchev–Trinajstić information content (AvgIpc) is 2.49. The Morgan fingerprint density at radius 3 is 2.19 bits per heavy atom. The van der Waals surface area contributed by atoms with E-state index in [2.05, 4.69) is 31.3 Å². The molecule has 0 unspecified atom stereocenters. The predicted molar refractivity (Wildman–Crippen MR) is 87.5 cm³/mol. The van der Waals surface area contributed by atoms with E-state index in [1.807, 2.05) is 30.3 Å². The van der Waals surface area contributed by atoms with Crippen molar-refractivity contribution in [3.63, 3.8) is 0 Å². The molecule has 3 heteroatoms. The van der Waals surface area contributed by atoms with Crippen molar-refractivity contribution in [1.82, 2.24) is 5.32 Å². The molecule has 0 spiro atoms. The van der Waals surface area contributed by atoms with Crippen molar-refractivity contribution in [3.05, 3.63) is 70.3 Å². The first-order valence-corrected chi connectivity index (χ1v) is 7.58. The molecule has 0 aliphatic carbocycles. The van der Waals surface area contributed by atoms with Crippen molar-refractivity contribution < 1.29 is 4.79 Å². The van der Waals surface area contributed by atoms with E-state index in [0.717, 1.165) is 16.7 Å². The van der Waals surface area contributed by atoms with E-state index in [4.69, 9.17) is 11.6 Å². The summed E-state index contributed by atoms with van der Waals surface area (Å²) in [5.41, 5.74) is 5.68. The fraction of sp³-hybridized carbons (Fsp3) is 0.278. The van der Waals surface area contributed by atoms with Crippen LogP contribution in [0.15, 0.2) is 42.5 Å². The van der Waals surface area contributed by atoms with Crippen LogP contribution in [-0.2, 0) is 23.6 Å². The van der Waals surface area contributed by atoms with Gasteiger partial charge in [-0.1, -0.05) is 42.5 Å². The number of amides is 1. The fourth-order valence-corrected chi connectivity index (χ4v) is 2.29. The molecule has 0 aromatic heterocycles. The van der Waals surface area contributed by atoms with Crippen LogP contribution in [0.2, 0.25) is 0 Å². The second-order valence-corrected chi connectivity index (χ2v) is 5.59.